The average Bonchev–Trinajstić information content (AvgIpc) is 2.46. The van der Waals surface area contributed by atoms with Crippen molar-refractivity contribution < 1.29 is 9.53 Å². The number of rotatable bonds is 3. The molecule has 0 saturated carbocycles. The lowest BCUT2D eigenvalue weighted by Gasteiger charge is -2.37. The Bertz CT molecular complexity index is 516. The Morgan fingerprint density at radius 3 is 2.60 bits per heavy atom. The molecule has 2 rings (SSSR count). The molecule has 1 aromatic carbocycles. The number of carbonyl (C=O) groups excluding carboxylic acids is 1. The smallest absolute Gasteiger partial charge is 0.330 e. The largest absolute Gasteiger partial charge is 0.467 e. The second-order valence-electron chi connectivity index (χ2n) is 4.58. The number of benzene rings is 1. The molecule has 0 radical (unpaired) electrons. The van der Waals surface area contributed by atoms with Gasteiger partial charge in [0, 0.05) is 36.0 Å². The number of hydrazine groups is 1. The van der Waals surface area contributed by atoms with Crippen LogP contribution in [0.5, 0.6) is 0 Å². The fourth-order valence-corrected chi connectivity index (χ4v) is 3.21. The van der Waals surface area contributed by atoms with E-state index in [9.17, 15) is 4.79 Å². The van der Waals surface area contributed by atoms with Gasteiger partial charge in [0.1, 0.15) is 0 Å². The molecule has 0 saturated heterocycles. The van der Waals surface area contributed by atoms with Crippen LogP contribution in [0, 0.1) is 0 Å². The summed E-state index contributed by atoms with van der Waals surface area (Å²) < 4.78 is 4.86. The second-order valence-corrected chi connectivity index (χ2v) is 6.08. The van der Waals surface area contributed by atoms with Gasteiger partial charge in [0.25, 0.3) is 0 Å². The monoisotopic (exact) mass is 312 g/mol. The van der Waals surface area contributed by atoms with Crippen molar-refractivity contribution in [2.45, 2.75) is 6.04 Å². The number of thioether (sulfide) groups is 1. The van der Waals surface area contributed by atoms with Gasteiger partial charge in [0.2, 0.25) is 0 Å². The van der Waals surface area contributed by atoms with Gasteiger partial charge in [-0.1, -0.05) is 23.7 Å². The molecule has 0 spiro atoms. The van der Waals surface area contributed by atoms with Gasteiger partial charge >= 0.3 is 5.97 Å². The van der Waals surface area contributed by atoms with E-state index in [0.29, 0.717) is 10.8 Å². The van der Waals surface area contributed by atoms with Crippen LogP contribution in [0.15, 0.2) is 30.5 Å². The third kappa shape index (κ3) is 3.29. The molecule has 1 heterocycles. The van der Waals surface area contributed by atoms with Crippen LogP contribution < -0.4 is 0 Å². The lowest BCUT2D eigenvalue weighted by Crippen LogP contribution is -2.48. The van der Waals surface area contributed by atoms with Crippen molar-refractivity contribution in [2.24, 2.45) is 0 Å². The van der Waals surface area contributed by atoms with E-state index in [0.717, 1.165) is 10.5 Å². The van der Waals surface area contributed by atoms with Gasteiger partial charge in [0.05, 0.1) is 7.11 Å². The number of ether oxygens (including phenoxy) is 1. The van der Waals surface area contributed by atoms with E-state index in [4.69, 9.17) is 16.3 Å². The van der Waals surface area contributed by atoms with Crippen LogP contribution in [-0.2, 0) is 9.53 Å². The van der Waals surface area contributed by atoms with Gasteiger partial charge in [-0.3, -0.25) is 5.01 Å². The molecular weight excluding hydrogens is 296 g/mol. The van der Waals surface area contributed by atoms with Gasteiger partial charge < -0.3 is 4.74 Å². The highest BCUT2D eigenvalue weighted by Gasteiger charge is 2.31. The fourth-order valence-electron chi connectivity index (χ4n) is 1.97. The SMILES string of the molecule is COC(=O)C1CSC(c2ccc(Cl)cc2)=CN1N(C)C. The summed E-state index contributed by atoms with van der Waals surface area (Å²) in [4.78, 5) is 12.9. The number of methoxy groups -OCH3 is 1. The van der Waals surface area contributed by atoms with Crippen molar-refractivity contribution in [3.05, 3.63) is 41.1 Å². The number of nitrogens with zero attached hydrogens (tertiary/aromatic N) is 2. The maximum Gasteiger partial charge on any atom is 0.330 e. The highest BCUT2D eigenvalue weighted by molar-refractivity contribution is 8.08. The Morgan fingerprint density at radius 2 is 2.05 bits per heavy atom. The first kappa shape index (κ1) is 15.2. The summed E-state index contributed by atoms with van der Waals surface area (Å²) in [6.45, 7) is 0. The van der Waals surface area contributed by atoms with Crippen LogP contribution in [-0.4, -0.2) is 49.0 Å². The maximum atomic E-state index is 11.8. The first-order chi connectivity index (χ1) is 9.52. The Kier molecular flexibility index (Phi) is 4.96. The van der Waals surface area contributed by atoms with Gasteiger partial charge in [-0.25, -0.2) is 9.80 Å². The number of hydrogen-bond donors (Lipinski definition) is 0. The predicted octanol–water partition coefficient (Wildman–Crippen LogP) is 2.71. The minimum atomic E-state index is -0.295. The van der Waals surface area contributed by atoms with E-state index >= 15 is 0 Å². The van der Waals surface area contributed by atoms with Crippen LogP contribution in [0.25, 0.3) is 4.91 Å². The molecule has 0 amide bonds. The lowest BCUT2D eigenvalue weighted by atomic mass is 10.2. The van der Waals surface area contributed by atoms with E-state index in [2.05, 4.69) is 0 Å². The van der Waals surface area contributed by atoms with Crippen LogP contribution in [0.2, 0.25) is 5.02 Å². The zero-order valence-electron chi connectivity index (χ0n) is 11.7. The summed E-state index contributed by atoms with van der Waals surface area (Å²) in [6, 6.07) is 7.40. The standard InChI is InChI=1S/C14H17ClN2O2S/c1-16(2)17-8-13(10-4-6-11(15)7-5-10)20-9-12(17)14(18)19-3/h4-8,12H,9H2,1-3H3. The predicted molar refractivity (Wildman–Crippen MR) is 83.2 cm³/mol. The topological polar surface area (TPSA) is 32.8 Å². The van der Waals surface area contributed by atoms with Crippen molar-refractivity contribution in [3.8, 4) is 0 Å². The summed E-state index contributed by atoms with van der Waals surface area (Å²) in [5, 5.41) is 4.50. The van der Waals surface area contributed by atoms with Crippen LogP contribution in [0.1, 0.15) is 5.56 Å². The molecule has 0 aromatic heterocycles. The van der Waals surface area contributed by atoms with Gasteiger partial charge in [-0.15, -0.1) is 11.8 Å². The molecule has 1 aromatic rings. The van der Waals surface area contributed by atoms with Crippen molar-refractivity contribution in [3.63, 3.8) is 0 Å². The summed E-state index contributed by atoms with van der Waals surface area (Å²) in [7, 11) is 5.23. The molecule has 0 N–H and O–H groups in total. The molecular formula is C14H17ClN2O2S. The van der Waals surface area contributed by atoms with E-state index in [-0.39, 0.29) is 12.0 Å². The first-order valence-corrected chi connectivity index (χ1v) is 7.53. The Balaban J connectivity index is 2.28. The van der Waals surface area contributed by atoms with Gasteiger partial charge in [-0.05, 0) is 17.7 Å². The third-order valence-electron chi connectivity index (χ3n) is 3.03. The normalized spacial score (nSPS) is 18.9. The molecule has 108 valence electrons. The molecule has 0 bridgehead atoms. The fraction of sp³-hybridized carbons (Fsp3) is 0.357. The number of halogens is 1. The highest BCUT2D eigenvalue weighted by Crippen LogP contribution is 2.34. The van der Waals surface area contributed by atoms with Gasteiger partial charge in [0.15, 0.2) is 6.04 Å². The summed E-state index contributed by atoms with van der Waals surface area (Å²) in [5.74, 6) is 0.428. The molecule has 1 unspecified atom stereocenters. The average molecular weight is 313 g/mol. The zero-order valence-corrected chi connectivity index (χ0v) is 13.2. The summed E-state index contributed by atoms with van der Waals surface area (Å²) in [6.07, 6.45) is 1.97. The number of carbonyl (C=O) groups is 1. The van der Waals surface area contributed by atoms with Gasteiger partial charge in [-0.2, -0.15) is 0 Å². The van der Waals surface area contributed by atoms with E-state index in [1.165, 1.54) is 7.11 Å². The Labute approximate surface area is 128 Å². The molecule has 0 fully saturated rings. The summed E-state index contributed by atoms with van der Waals surface area (Å²) in [5.41, 5.74) is 1.09. The molecule has 4 nitrogen and oxygen atoms in total. The molecule has 1 aliphatic rings. The molecule has 1 atom stereocenters. The van der Waals surface area contributed by atoms with Crippen molar-refractivity contribution in [1.29, 1.82) is 0 Å². The van der Waals surface area contributed by atoms with E-state index in [1.54, 1.807) is 11.8 Å². The van der Waals surface area contributed by atoms with Crippen LogP contribution >= 0.6 is 23.4 Å². The number of hydrogen-bond acceptors (Lipinski definition) is 5. The molecule has 1 aliphatic heterocycles. The Morgan fingerprint density at radius 1 is 1.40 bits per heavy atom. The number of esters is 1. The molecule has 6 heteroatoms. The van der Waals surface area contributed by atoms with Crippen molar-refractivity contribution in [2.75, 3.05) is 27.0 Å². The molecule has 0 aliphatic carbocycles. The second kappa shape index (κ2) is 6.52. The van der Waals surface area contributed by atoms with Crippen LogP contribution in [0.4, 0.5) is 0 Å². The highest BCUT2D eigenvalue weighted by atomic mass is 35.5. The maximum absolute atomic E-state index is 11.8. The lowest BCUT2D eigenvalue weighted by molar-refractivity contribution is -0.149. The minimum Gasteiger partial charge on any atom is -0.467 e. The van der Waals surface area contributed by atoms with E-state index < -0.39 is 0 Å². The Hall–Kier alpha value is -1.17. The first-order valence-electron chi connectivity index (χ1n) is 6.17. The minimum absolute atomic E-state index is 0.224. The van der Waals surface area contributed by atoms with Crippen LogP contribution in [0.3, 0.4) is 0 Å². The molecule has 20 heavy (non-hydrogen) atoms. The summed E-state index contributed by atoms with van der Waals surface area (Å²) >= 11 is 7.55. The van der Waals surface area contributed by atoms with E-state index in [1.807, 2.05) is 54.6 Å². The quantitative estimate of drug-likeness (QED) is 0.801. The third-order valence-corrected chi connectivity index (χ3v) is 4.42. The van der Waals surface area contributed by atoms with Crippen molar-refractivity contribution >= 4 is 34.2 Å². The zero-order chi connectivity index (χ0) is 14.7. The van der Waals surface area contributed by atoms with Crippen molar-refractivity contribution in [1.82, 2.24) is 10.0 Å².